The first-order chi connectivity index (χ1) is 13.2. The molecule has 0 N–H and O–H groups in total. The monoisotopic (exact) mass is 430 g/mol. The van der Waals surface area contributed by atoms with Gasteiger partial charge in [-0.2, -0.15) is 26.6 Å². The van der Waals surface area contributed by atoms with Crippen molar-refractivity contribution in [2.24, 2.45) is 0 Å². The predicted molar refractivity (Wildman–Crippen MR) is 97.9 cm³/mol. The molecule has 2 aliphatic rings. The average Bonchev–Trinajstić information content (AvgIpc) is 2.98. The third-order valence-electron chi connectivity index (χ3n) is 5.51. The van der Waals surface area contributed by atoms with Gasteiger partial charge in [0, 0.05) is 11.0 Å². The number of hydrogen-bond acceptors (Lipinski definition) is 6. The largest absolute Gasteiger partial charge is 0.534 e. The molecule has 2 aliphatic carbocycles. The summed E-state index contributed by atoms with van der Waals surface area (Å²) in [6.07, 6.45) is 5.12. The van der Waals surface area contributed by atoms with E-state index < -0.39 is 21.5 Å². The number of hydrogen-bond donors (Lipinski definition) is 0. The van der Waals surface area contributed by atoms with Crippen LogP contribution in [-0.4, -0.2) is 30.1 Å². The van der Waals surface area contributed by atoms with Gasteiger partial charge in [-0.15, -0.1) is 0 Å². The smallest absolute Gasteiger partial charge is 0.355 e. The van der Waals surface area contributed by atoms with E-state index in [2.05, 4.69) is 26.3 Å². The van der Waals surface area contributed by atoms with Crippen LogP contribution in [0.4, 0.5) is 13.2 Å². The fraction of sp³-hybridized carbons (Fsp3) is 0.444. The molecule has 1 heterocycles. The number of fused-ring (bicyclic) bond motifs is 3. The molecule has 1 aromatic heterocycles. The van der Waals surface area contributed by atoms with E-state index in [9.17, 15) is 21.6 Å². The third kappa shape index (κ3) is 3.16. The molecule has 0 bridgehead atoms. The minimum Gasteiger partial charge on any atom is -0.355 e. The highest BCUT2D eigenvalue weighted by atomic mass is 32.2. The van der Waals surface area contributed by atoms with Crippen LogP contribution in [0.25, 0.3) is 0 Å². The molecule has 0 radical (unpaired) electrons. The van der Waals surface area contributed by atoms with Gasteiger partial charge in [0.25, 0.3) is 0 Å². The van der Waals surface area contributed by atoms with Crippen LogP contribution in [0, 0.1) is 0 Å². The molecule has 0 fully saturated rings. The lowest BCUT2D eigenvalue weighted by Crippen LogP contribution is -2.33. The fourth-order valence-corrected chi connectivity index (χ4v) is 4.99. The van der Waals surface area contributed by atoms with Crippen LogP contribution in [0.5, 0.6) is 5.88 Å². The van der Waals surface area contributed by atoms with E-state index in [1.54, 1.807) is 6.26 Å². The summed E-state index contributed by atoms with van der Waals surface area (Å²) in [5, 5.41) is 0.189. The van der Waals surface area contributed by atoms with Crippen molar-refractivity contribution in [3.8, 4) is 5.88 Å². The molecular formula is C18H17F3N2O3S2. The van der Waals surface area contributed by atoms with Crippen LogP contribution in [0.3, 0.4) is 0 Å². The zero-order chi connectivity index (χ0) is 20.2. The minimum absolute atomic E-state index is 0.131. The van der Waals surface area contributed by atoms with Gasteiger partial charge < -0.3 is 4.18 Å². The summed E-state index contributed by atoms with van der Waals surface area (Å²) in [4.78, 5) is 8.39. The van der Waals surface area contributed by atoms with Crippen LogP contribution in [0.2, 0.25) is 0 Å². The number of alkyl halides is 3. The lowest BCUT2D eigenvalue weighted by atomic mass is 9.69. The van der Waals surface area contributed by atoms with Crippen molar-refractivity contribution >= 4 is 21.9 Å². The maximum atomic E-state index is 12.8. The quantitative estimate of drug-likeness (QED) is 0.319. The molecule has 0 saturated heterocycles. The number of nitrogens with zero attached hydrogens (tertiary/aromatic N) is 2. The number of aryl methyl sites for hydroxylation is 1. The van der Waals surface area contributed by atoms with Crippen molar-refractivity contribution in [2.45, 2.75) is 48.2 Å². The number of halogens is 3. The van der Waals surface area contributed by atoms with Crippen LogP contribution >= 0.6 is 11.8 Å². The van der Waals surface area contributed by atoms with Crippen molar-refractivity contribution < 1.29 is 25.8 Å². The summed E-state index contributed by atoms with van der Waals surface area (Å²) >= 11 is 1.13. The second-order valence-electron chi connectivity index (χ2n) is 7.04. The van der Waals surface area contributed by atoms with E-state index >= 15 is 0 Å². The zero-order valence-corrected chi connectivity index (χ0v) is 16.5. The Hall–Kier alpha value is -1.81. The van der Waals surface area contributed by atoms with Crippen molar-refractivity contribution in [1.29, 1.82) is 0 Å². The van der Waals surface area contributed by atoms with Gasteiger partial charge in [0.2, 0.25) is 5.88 Å². The highest BCUT2D eigenvalue weighted by molar-refractivity contribution is 7.98. The summed E-state index contributed by atoms with van der Waals surface area (Å²) in [5.41, 5.74) is -2.20. The fourth-order valence-electron chi connectivity index (χ4n) is 4.18. The molecule has 2 aromatic rings. The molecular weight excluding hydrogens is 413 g/mol. The third-order valence-corrected chi connectivity index (χ3v) is 7.00. The number of benzene rings is 1. The Bertz CT molecular complexity index is 1040. The number of rotatable bonds is 3. The number of aromatic nitrogens is 2. The highest BCUT2D eigenvalue weighted by Crippen LogP contribution is 2.48. The van der Waals surface area contributed by atoms with Crippen molar-refractivity contribution in [1.82, 2.24) is 9.97 Å². The molecule has 1 aromatic carbocycles. The SMILES string of the molecule is CSc1nc2c(c(OS(=O)(=O)C(F)(F)F)n1)CCC1(CCc3ccccc31)C2. The van der Waals surface area contributed by atoms with Crippen molar-refractivity contribution in [3.05, 3.63) is 46.6 Å². The molecule has 28 heavy (non-hydrogen) atoms. The Kier molecular flexibility index (Phi) is 4.61. The molecule has 0 amide bonds. The topological polar surface area (TPSA) is 69.2 Å². The van der Waals surface area contributed by atoms with E-state index in [-0.39, 0.29) is 10.6 Å². The molecule has 10 heteroatoms. The zero-order valence-electron chi connectivity index (χ0n) is 14.9. The van der Waals surface area contributed by atoms with E-state index in [1.165, 1.54) is 11.1 Å². The first-order valence-electron chi connectivity index (χ1n) is 8.68. The molecule has 0 aliphatic heterocycles. The Balaban J connectivity index is 1.76. The summed E-state index contributed by atoms with van der Waals surface area (Å²) in [6.45, 7) is 0. The predicted octanol–water partition coefficient (Wildman–Crippen LogP) is 3.80. The maximum absolute atomic E-state index is 12.8. The lowest BCUT2D eigenvalue weighted by molar-refractivity contribution is -0.0502. The molecule has 0 saturated carbocycles. The first-order valence-corrected chi connectivity index (χ1v) is 11.3. The maximum Gasteiger partial charge on any atom is 0.534 e. The van der Waals surface area contributed by atoms with Crippen molar-refractivity contribution in [2.75, 3.05) is 6.26 Å². The van der Waals surface area contributed by atoms with Gasteiger partial charge in [-0.1, -0.05) is 36.0 Å². The van der Waals surface area contributed by atoms with Gasteiger partial charge in [-0.05, 0) is 49.5 Å². The van der Waals surface area contributed by atoms with Gasteiger partial charge in [0.1, 0.15) is 0 Å². The first kappa shape index (κ1) is 19.5. The summed E-state index contributed by atoms with van der Waals surface area (Å²) in [6, 6.07) is 8.17. The van der Waals surface area contributed by atoms with E-state index in [0.29, 0.717) is 30.5 Å². The Morgan fingerprint density at radius 2 is 1.86 bits per heavy atom. The lowest BCUT2D eigenvalue weighted by Gasteiger charge is -2.35. The minimum atomic E-state index is -5.78. The van der Waals surface area contributed by atoms with E-state index in [0.717, 1.165) is 24.6 Å². The Morgan fingerprint density at radius 3 is 2.57 bits per heavy atom. The molecule has 4 rings (SSSR count). The molecule has 1 spiro atoms. The second kappa shape index (κ2) is 6.62. The standard InChI is InChI=1S/C18H17F3N2O3S2/c1-27-16-22-14-10-17(8-6-11-4-2-3-5-13(11)17)9-7-12(14)15(23-16)26-28(24,25)18(19,20)21/h2-5H,6-10H2,1H3. The normalized spacial score (nSPS) is 21.4. The number of thioether (sulfide) groups is 1. The highest BCUT2D eigenvalue weighted by Gasteiger charge is 2.50. The second-order valence-corrected chi connectivity index (χ2v) is 9.35. The average molecular weight is 430 g/mol. The summed E-state index contributed by atoms with van der Waals surface area (Å²) in [7, 11) is -5.78. The summed E-state index contributed by atoms with van der Waals surface area (Å²) in [5.74, 6) is -0.507. The van der Waals surface area contributed by atoms with Crippen LogP contribution < -0.4 is 4.18 Å². The van der Waals surface area contributed by atoms with E-state index in [1.807, 2.05) is 12.1 Å². The summed E-state index contributed by atoms with van der Waals surface area (Å²) < 4.78 is 65.8. The van der Waals surface area contributed by atoms with Gasteiger partial charge in [0.15, 0.2) is 5.16 Å². The molecule has 150 valence electrons. The van der Waals surface area contributed by atoms with Gasteiger partial charge in [-0.3, -0.25) is 0 Å². The van der Waals surface area contributed by atoms with Crippen LogP contribution in [-0.2, 0) is 34.8 Å². The van der Waals surface area contributed by atoms with Crippen LogP contribution in [0.15, 0.2) is 29.4 Å². The van der Waals surface area contributed by atoms with Gasteiger partial charge in [-0.25, -0.2) is 4.98 Å². The molecule has 1 atom stereocenters. The van der Waals surface area contributed by atoms with Crippen LogP contribution in [0.1, 0.15) is 35.2 Å². The van der Waals surface area contributed by atoms with Gasteiger partial charge >= 0.3 is 15.6 Å². The molecule has 5 nitrogen and oxygen atoms in total. The van der Waals surface area contributed by atoms with Gasteiger partial charge in [0.05, 0.1) is 5.69 Å². The Morgan fingerprint density at radius 1 is 1.14 bits per heavy atom. The molecule has 1 unspecified atom stereocenters. The van der Waals surface area contributed by atoms with E-state index in [4.69, 9.17) is 0 Å². The van der Waals surface area contributed by atoms with Crippen molar-refractivity contribution in [3.63, 3.8) is 0 Å². The Labute approximate surface area is 164 Å².